The maximum atomic E-state index is 2.44. The first kappa shape index (κ1) is 8.06. The second-order valence-corrected chi connectivity index (χ2v) is 3.58. The Labute approximate surface area is 64.4 Å². The predicted molar refractivity (Wildman–Crippen MR) is 44.8 cm³/mol. The van der Waals surface area contributed by atoms with Gasteiger partial charge in [0.25, 0.3) is 0 Å². The highest BCUT2D eigenvalue weighted by molar-refractivity contribution is 4.78. The van der Waals surface area contributed by atoms with E-state index in [0.717, 1.165) is 5.92 Å². The molecule has 1 aliphatic carbocycles. The van der Waals surface area contributed by atoms with Crippen molar-refractivity contribution in [3.63, 3.8) is 0 Å². The maximum absolute atomic E-state index is 2.44. The largest absolute Gasteiger partial charge is 0.309 e. The van der Waals surface area contributed by atoms with Crippen LogP contribution in [0.4, 0.5) is 0 Å². The lowest BCUT2D eigenvalue weighted by atomic mass is 9.89. The zero-order chi connectivity index (χ0) is 7.40. The van der Waals surface area contributed by atoms with Crippen molar-refractivity contribution in [1.82, 2.24) is 4.90 Å². The molecule has 1 fully saturated rings. The van der Waals surface area contributed by atoms with Gasteiger partial charge in [-0.2, -0.15) is 0 Å². The highest BCUT2D eigenvalue weighted by Gasteiger charge is 2.13. The minimum Gasteiger partial charge on any atom is -0.309 e. The zero-order valence-electron chi connectivity index (χ0n) is 7.14. The first-order valence-electron chi connectivity index (χ1n) is 4.25. The van der Waals surface area contributed by atoms with E-state index in [1.54, 1.807) is 0 Å². The molecule has 1 nitrogen and oxygen atoms in total. The van der Waals surface area contributed by atoms with Crippen LogP contribution >= 0.6 is 0 Å². The molecule has 0 aliphatic heterocycles. The predicted octanol–water partition coefficient (Wildman–Crippen LogP) is 1.94. The van der Waals surface area contributed by atoms with Crippen LogP contribution in [0, 0.1) is 12.3 Å². The van der Waals surface area contributed by atoms with Gasteiger partial charge in [-0.3, -0.25) is 0 Å². The van der Waals surface area contributed by atoms with Gasteiger partial charge < -0.3 is 4.90 Å². The Morgan fingerprint density at radius 1 is 1.50 bits per heavy atom. The van der Waals surface area contributed by atoms with Gasteiger partial charge in [-0.1, -0.05) is 12.8 Å². The van der Waals surface area contributed by atoms with Crippen LogP contribution in [0.25, 0.3) is 0 Å². The molecule has 0 amide bonds. The van der Waals surface area contributed by atoms with Gasteiger partial charge in [-0.05, 0) is 39.3 Å². The fourth-order valence-corrected chi connectivity index (χ4v) is 1.70. The molecule has 0 heterocycles. The number of rotatable bonds is 2. The Hall–Kier alpha value is -0.0400. The van der Waals surface area contributed by atoms with Crippen LogP contribution in [0.2, 0.25) is 0 Å². The molecular weight excluding hydrogens is 122 g/mol. The normalized spacial score (nSPS) is 21.9. The lowest BCUT2D eigenvalue weighted by Gasteiger charge is -2.24. The molecule has 1 radical (unpaired) electrons. The third-order valence-corrected chi connectivity index (χ3v) is 2.14. The van der Waals surface area contributed by atoms with Crippen LogP contribution in [0.5, 0.6) is 0 Å². The summed E-state index contributed by atoms with van der Waals surface area (Å²) in [5, 5.41) is 0. The summed E-state index contributed by atoms with van der Waals surface area (Å²) in [4.78, 5) is 2.30. The summed E-state index contributed by atoms with van der Waals surface area (Å²) in [6.07, 6.45) is 7.99. The summed E-state index contributed by atoms with van der Waals surface area (Å²) in [7, 11) is 4.32. The third-order valence-electron chi connectivity index (χ3n) is 2.14. The van der Waals surface area contributed by atoms with Crippen molar-refractivity contribution in [2.45, 2.75) is 25.7 Å². The van der Waals surface area contributed by atoms with Crippen molar-refractivity contribution in [1.29, 1.82) is 0 Å². The smallest absolute Gasteiger partial charge is 0.000366 e. The molecule has 0 bridgehead atoms. The van der Waals surface area contributed by atoms with Gasteiger partial charge in [-0.15, -0.1) is 0 Å². The van der Waals surface area contributed by atoms with Crippen LogP contribution in [0.15, 0.2) is 0 Å². The van der Waals surface area contributed by atoms with E-state index in [0.29, 0.717) is 0 Å². The SMILES string of the molecule is CN(C)CC1C[CH]CCC1. The van der Waals surface area contributed by atoms with Crippen LogP contribution in [-0.2, 0) is 0 Å². The molecule has 0 N–H and O–H groups in total. The van der Waals surface area contributed by atoms with Crippen molar-refractivity contribution >= 4 is 0 Å². The van der Waals surface area contributed by atoms with E-state index in [9.17, 15) is 0 Å². The minimum absolute atomic E-state index is 0.948. The summed E-state index contributed by atoms with van der Waals surface area (Å²) in [5.41, 5.74) is 0. The molecule has 1 unspecified atom stereocenters. The van der Waals surface area contributed by atoms with Crippen LogP contribution in [0.3, 0.4) is 0 Å². The first-order chi connectivity index (χ1) is 4.79. The average molecular weight is 140 g/mol. The van der Waals surface area contributed by atoms with Gasteiger partial charge in [0.15, 0.2) is 0 Å². The molecular formula is C9H18N. The van der Waals surface area contributed by atoms with Gasteiger partial charge in [0.05, 0.1) is 0 Å². The maximum Gasteiger partial charge on any atom is 0.000366 e. The van der Waals surface area contributed by atoms with Crippen molar-refractivity contribution < 1.29 is 0 Å². The van der Waals surface area contributed by atoms with Crippen LogP contribution in [0.1, 0.15) is 25.7 Å². The van der Waals surface area contributed by atoms with Crippen molar-refractivity contribution in [2.24, 2.45) is 5.92 Å². The number of hydrogen-bond acceptors (Lipinski definition) is 1. The van der Waals surface area contributed by atoms with Gasteiger partial charge in [0, 0.05) is 6.54 Å². The summed E-state index contributed by atoms with van der Waals surface area (Å²) in [5.74, 6) is 0.948. The zero-order valence-corrected chi connectivity index (χ0v) is 7.14. The van der Waals surface area contributed by atoms with Gasteiger partial charge in [0.1, 0.15) is 0 Å². The molecule has 0 aromatic heterocycles. The molecule has 1 atom stereocenters. The second-order valence-electron chi connectivity index (χ2n) is 3.58. The Balaban J connectivity index is 2.13. The van der Waals surface area contributed by atoms with E-state index in [1.807, 2.05) is 0 Å². The Morgan fingerprint density at radius 3 is 2.80 bits per heavy atom. The summed E-state index contributed by atoms with van der Waals surface area (Å²) in [6.45, 7) is 1.27. The highest BCUT2D eigenvalue weighted by atomic mass is 15.1. The van der Waals surface area contributed by atoms with Gasteiger partial charge >= 0.3 is 0 Å². The highest BCUT2D eigenvalue weighted by Crippen LogP contribution is 2.22. The summed E-state index contributed by atoms with van der Waals surface area (Å²) < 4.78 is 0. The van der Waals surface area contributed by atoms with Crippen LogP contribution < -0.4 is 0 Å². The Bertz CT molecular complexity index is 82.7. The lowest BCUT2D eigenvalue weighted by Crippen LogP contribution is -2.23. The van der Waals surface area contributed by atoms with Gasteiger partial charge in [0.2, 0.25) is 0 Å². The Morgan fingerprint density at radius 2 is 2.30 bits per heavy atom. The molecule has 0 aromatic carbocycles. The molecule has 0 aromatic rings. The number of nitrogens with zero attached hydrogens (tertiary/aromatic N) is 1. The van der Waals surface area contributed by atoms with E-state index >= 15 is 0 Å². The summed E-state index contributed by atoms with van der Waals surface area (Å²) >= 11 is 0. The van der Waals surface area contributed by atoms with E-state index in [2.05, 4.69) is 25.4 Å². The van der Waals surface area contributed by atoms with E-state index in [1.165, 1.54) is 32.2 Å². The fourth-order valence-electron chi connectivity index (χ4n) is 1.70. The Kier molecular flexibility index (Phi) is 3.20. The molecule has 1 aliphatic rings. The van der Waals surface area contributed by atoms with Gasteiger partial charge in [-0.25, -0.2) is 0 Å². The molecule has 1 rings (SSSR count). The fraction of sp³-hybridized carbons (Fsp3) is 0.889. The van der Waals surface area contributed by atoms with Crippen LogP contribution in [-0.4, -0.2) is 25.5 Å². The molecule has 59 valence electrons. The minimum atomic E-state index is 0.948. The van der Waals surface area contributed by atoms with Crippen molar-refractivity contribution in [3.05, 3.63) is 6.42 Å². The second kappa shape index (κ2) is 3.97. The first-order valence-corrected chi connectivity index (χ1v) is 4.25. The van der Waals surface area contributed by atoms with E-state index < -0.39 is 0 Å². The average Bonchev–Trinajstić information content (AvgIpc) is 1.88. The topological polar surface area (TPSA) is 3.24 Å². The molecule has 10 heavy (non-hydrogen) atoms. The summed E-state index contributed by atoms with van der Waals surface area (Å²) in [6, 6.07) is 0. The molecule has 0 saturated heterocycles. The molecule has 0 spiro atoms. The number of hydrogen-bond donors (Lipinski definition) is 0. The monoisotopic (exact) mass is 140 g/mol. The lowest BCUT2D eigenvalue weighted by molar-refractivity contribution is 0.288. The van der Waals surface area contributed by atoms with Crippen molar-refractivity contribution in [3.8, 4) is 0 Å². The van der Waals surface area contributed by atoms with E-state index in [-0.39, 0.29) is 0 Å². The van der Waals surface area contributed by atoms with E-state index in [4.69, 9.17) is 0 Å². The quantitative estimate of drug-likeness (QED) is 0.566. The standard InChI is InChI=1S/C9H18N/c1-10(2)8-9-6-4-3-5-7-9/h4,9H,3,5-8H2,1-2H3. The third kappa shape index (κ3) is 2.70. The molecule has 1 saturated carbocycles. The van der Waals surface area contributed by atoms with Crippen molar-refractivity contribution in [2.75, 3.05) is 20.6 Å². The molecule has 1 heteroatoms.